The van der Waals surface area contributed by atoms with Gasteiger partial charge in [0.2, 0.25) is 21.8 Å². The summed E-state index contributed by atoms with van der Waals surface area (Å²) in [4.78, 5) is 28.2. The fourth-order valence-corrected chi connectivity index (χ4v) is 4.74. The molecule has 0 saturated carbocycles. The second-order valence-electron chi connectivity index (χ2n) is 8.76. The zero-order valence-corrected chi connectivity index (χ0v) is 23.4. The highest BCUT2D eigenvalue weighted by Crippen LogP contribution is 2.21. The molecule has 0 heterocycles. The maximum Gasteiger partial charge on any atom is 0.244 e. The van der Waals surface area contributed by atoms with Crippen LogP contribution in [0.2, 0.25) is 0 Å². The van der Waals surface area contributed by atoms with Gasteiger partial charge in [0.15, 0.2) is 0 Å². The van der Waals surface area contributed by atoms with Crippen molar-refractivity contribution >= 4 is 50.1 Å². The molecule has 1 N–H and O–H groups in total. The summed E-state index contributed by atoms with van der Waals surface area (Å²) >= 11 is 2.14. The summed E-state index contributed by atoms with van der Waals surface area (Å²) in [5.74, 6) is -0.402. The molecule has 0 saturated heterocycles. The number of carbonyl (C=O) groups is 2. The Balaban J connectivity index is 2.42. The zero-order chi connectivity index (χ0) is 25.5. The molecule has 2 aromatic carbocycles. The van der Waals surface area contributed by atoms with E-state index in [9.17, 15) is 18.0 Å². The van der Waals surface area contributed by atoms with Crippen LogP contribution in [0.15, 0.2) is 48.5 Å². The minimum atomic E-state index is -3.73. The number of aryl methyl sites for hydroxylation is 1. The van der Waals surface area contributed by atoms with E-state index in [2.05, 4.69) is 27.9 Å². The number of hydrogen-bond acceptors (Lipinski definition) is 4. The molecule has 0 radical (unpaired) electrons. The molecular weight excluding hydrogens is 565 g/mol. The van der Waals surface area contributed by atoms with E-state index in [1.165, 1.54) is 4.90 Å². The molecule has 1 atom stereocenters. The van der Waals surface area contributed by atoms with Crippen LogP contribution in [0.5, 0.6) is 0 Å². The Bertz CT molecular complexity index is 1090. The van der Waals surface area contributed by atoms with Gasteiger partial charge in [-0.1, -0.05) is 45.0 Å². The molecule has 0 aliphatic carbocycles. The van der Waals surface area contributed by atoms with Gasteiger partial charge in [0, 0.05) is 16.7 Å². The Morgan fingerprint density at radius 3 is 2.21 bits per heavy atom. The van der Waals surface area contributed by atoms with E-state index in [1.54, 1.807) is 24.3 Å². The van der Waals surface area contributed by atoms with Crippen molar-refractivity contribution in [1.82, 2.24) is 10.2 Å². The highest BCUT2D eigenvalue weighted by molar-refractivity contribution is 14.1. The van der Waals surface area contributed by atoms with Gasteiger partial charge in [0.1, 0.15) is 12.6 Å². The van der Waals surface area contributed by atoms with Gasteiger partial charge < -0.3 is 10.2 Å². The number of anilines is 1. The average molecular weight is 600 g/mol. The summed E-state index contributed by atoms with van der Waals surface area (Å²) in [5.41, 5.74) is 2.31. The van der Waals surface area contributed by atoms with Crippen molar-refractivity contribution in [2.24, 2.45) is 5.92 Å². The number of sulfonamides is 1. The minimum Gasteiger partial charge on any atom is -0.354 e. The summed E-state index contributed by atoms with van der Waals surface area (Å²) in [6.07, 6.45) is 1.49. The van der Waals surface area contributed by atoms with Crippen molar-refractivity contribution < 1.29 is 18.0 Å². The van der Waals surface area contributed by atoms with Crippen molar-refractivity contribution in [3.8, 4) is 0 Å². The lowest BCUT2D eigenvalue weighted by atomic mass is 10.1. The van der Waals surface area contributed by atoms with Crippen molar-refractivity contribution in [3.05, 3.63) is 63.2 Å². The normalized spacial score (nSPS) is 12.3. The number of amides is 2. The van der Waals surface area contributed by atoms with E-state index in [-0.39, 0.29) is 24.9 Å². The maximum atomic E-state index is 13.6. The minimum absolute atomic E-state index is 0.212. The van der Waals surface area contributed by atoms with Gasteiger partial charge in [0.05, 0.1) is 11.9 Å². The Hall–Kier alpha value is -2.14. The molecule has 0 aliphatic rings. The molecule has 0 aliphatic heterocycles. The highest BCUT2D eigenvalue weighted by atomic mass is 127. The Labute approximate surface area is 217 Å². The second-order valence-corrected chi connectivity index (χ2v) is 11.9. The Kier molecular flexibility index (Phi) is 10.4. The zero-order valence-electron chi connectivity index (χ0n) is 20.4. The van der Waals surface area contributed by atoms with Crippen molar-refractivity contribution in [2.45, 2.75) is 46.7 Å². The smallest absolute Gasteiger partial charge is 0.244 e. The van der Waals surface area contributed by atoms with Gasteiger partial charge in [-0.05, 0) is 77.2 Å². The van der Waals surface area contributed by atoms with Crippen molar-refractivity contribution in [1.29, 1.82) is 0 Å². The van der Waals surface area contributed by atoms with Crippen LogP contribution >= 0.6 is 22.6 Å². The number of halogens is 1. The average Bonchev–Trinajstić information content (AvgIpc) is 2.77. The molecule has 186 valence electrons. The lowest BCUT2D eigenvalue weighted by molar-refractivity contribution is -0.140. The van der Waals surface area contributed by atoms with Crippen molar-refractivity contribution in [3.63, 3.8) is 0 Å². The first-order valence-electron chi connectivity index (χ1n) is 11.3. The number of carbonyl (C=O) groups excluding carboxylic acids is 2. The Morgan fingerprint density at radius 2 is 1.68 bits per heavy atom. The molecule has 34 heavy (non-hydrogen) atoms. The first kappa shape index (κ1) is 28.1. The third-order valence-electron chi connectivity index (χ3n) is 5.47. The van der Waals surface area contributed by atoms with Crippen molar-refractivity contribution in [2.75, 3.05) is 23.7 Å². The van der Waals surface area contributed by atoms with E-state index in [4.69, 9.17) is 0 Å². The summed E-state index contributed by atoms with van der Waals surface area (Å²) in [6.45, 7) is 8.13. The van der Waals surface area contributed by atoms with Crippen LogP contribution in [0.25, 0.3) is 0 Å². The fourth-order valence-electron chi connectivity index (χ4n) is 3.53. The number of rotatable bonds is 11. The predicted molar refractivity (Wildman–Crippen MR) is 145 cm³/mol. The van der Waals surface area contributed by atoms with Crippen LogP contribution in [-0.2, 0) is 26.2 Å². The largest absolute Gasteiger partial charge is 0.354 e. The topological polar surface area (TPSA) is 86.8 Å². The molecule has 9 heteroatoms. The van der Waals surface area contributed by atoms with Gasteiger partial charge in [-0.25, -0.2) is 8.42 Å². The number of nitrogens with zero attached hydrogens (tertiary/aromatic N) is 2. The second kappa shape index (κ2) is 12.5. The fraction of sp³-hybridized carbons (Fsp3) is 0.440. The molecule has 2 amide bonds. The first-order chi connectivity index (χ1) is 15.9. The molecule has 1 unspecified atom stereocenters. The SMILES string of the molecule is CCC(C(=O)NCC(C)C)N(Cc1ccccc1C)C(=O)CN(c1ccc(I)cc1)S(C)(=O)=O. The lowest BCUT2D eigenvalue weighted by Crippen LogP contribution is -2.52. The third kappa shape index (κ3) is 7.97. The summed E-state index contributed by atoms with van der Waals surface area (Å²) < 4.78 is 27.3. The van der Waals surface area contributed by atoms with E-state index in [0.717, 1.165) is 25.3 Å². The summed E-state index contributed by atoms with van der Waals surface area (Å²) in [7, 11) is -3.73. The van der Waals surface area contributed by atoms with E-state index in [1.807, 2.05) is 52.0 Å². The van der Waals surface area contributed by atoms with Crippen LogP contribution in [0.1, 0.15) is 38.3 Å². The number of hydrogen-bond donors (Lipinski definition) is 1. The van der Waals surface area contributed by atoms with E-state index in [0.29, 0.717) is 18.7 Å². The molecule has 7 nitrogen and oxygen atoms in total. The van der Waals surface area contributed by atoms with Gasteiger partial charge in [-0.3, -0.25) is 13.9 Å². The van der Waals surface area contributed by atoms with Gasteiger partial charge in [0.25, 0.3) is 0 Å². The number of benzene rings is 2. The van der Waals surface area contributed by atoms with Crippen LogP contribution in [0.3, 0.4) is 0 Å². The standard InChI is InChI=1S/C25H34IN3O4S/c1-6-23(25(31)27-15-18(2)3)28(16-20-10-8-7-9-19(20)4)24(30)17-29(34(5,32)33)22-13-11-21(26)12-14-22/h7-14,18,23H,6,15-17H2,1-5H3,(H,27,31). The summed E-state index contributed by atoms with van der Waals surface area (Å²) in [5, 5.41) is 2.92. The molecule has 0 aromatic heterocycles. The van der Waals surface area contributed by atoms with E-state index < -0.39 is 22.0 Å². The summed E-state index contributed by atoms with van der Waals surface area (Å²) in [6, 6.07) is 13.9. The van der Waals surface area contributed by atoms with E-state index >= 15 is 0 Å². The van der Waals surface area contributed by atoms with Crippen LogP contribution in [0, 0.1) is 16.4 Å². The van der Waals surface area contributed by atoms with Gasteiger partial charge in [-0.2, -0.15) is 0 Å². The van der Waals surface area contributed by atoms with Crippen LogP contribution in [-0.4, -0.2) is 50.5 Å². The van der Waals surface area contributed by atoms with Crippen LogP contribution in [0.4, 0.5) is 5.69 Å². The van der Waals surface area contributed by atoms with Crippen LogP contribution < -0.4 is 9.62 Å². The molecule has 2 aromatic rings. The Morgan fingerprint density at radius 1 is 1.06 bits per heavy atom. The molecule has 2 rings (SSSR count). The van der Waals surface area contributed by atoms with Gasteiger partial charge >= 0.3 is 0 Å². The third-order valence-corrected chi connectivity index (χ3v) is 7.33. The first-order valence-corrected chi connectivity index (χ1v) is 14.2. The lowest BCUT2D eigenvalue weighted by Gasteiger charge is -2.33. The van der Waals surface area contributed by atoms with Gasteiger partial charge in [-0.15, -0.1) is 0 Å². The molecular formula is C25H34IN3O4S. The molecule has 0 spiro atoms. The molecule has 0 bridgehead atoms. The monoisotopic (exact) mass is 599 g/mol. The predicted octanol–water partition coefficient (Wildman–Crippen LogP) is 3.95. The number of nitrogens with one attached hydrogen (secondary N) is 1. The quantitative estimate of drug-likeness (QED) is 0.397. The maximum absolute atomic E-state index is 13.6. The highest BCUT2D eigenvalue weighted by Gasteiger charge is 2.31. The molecule has 0 fully saturated rings.